The fourth-order valence-electron chi connectivity index (χ4n) is 4.20. The van der Waals surface area contributed by atoms with E-state index in [9.17, 15) is 27.2 Å². The smallest absolute Gasteiger partial charge is 0.451 e. The number of fused-ring (bicyclic) bond motifs is 1. The van der Waals surface area contributed by atoms with Crippen LogP contribution >= 0.6 is 11.6 Å². The molecule has 1 heterocycles. The highest BCUT2D eigenvalue weighted by Gasteiger charge is 2.57. The lowest BCUT2D eigenvalue weighted by Crippen LogP contribution is -2.53. The molecule has 2 amide bonds. The maximum atomic E-state index is 13.4. The van der Waals surface area contributed by atoms with Crippen LogP contribution < -0.4 is 15.4 Å². The van der Waals surface area contributed by atoms with Crippen LogP contribution in [0.2, 0.25) is 5.02 Å². The minimum absolute atomic E-state index is 0.0527. The van der Waals surface area contributed by atoms with Crippen LogP contribution in [0.3, 0.4) is 0 Å². The van der Waals surface area contributed by atoms with Crippen molar-refractivity contribution in [1.82, 2.24) is 20.6 Å². The number of hydrogen-bond donors (Lipinski definition) is 2. The first-order valence-corrected chi connectivity index (χ1v) is 10.0. The number of alkyl halides is 3. The maximum Gasteiger partial charge on any atom is 0.451 e. The lowest BCUT2D eigenvalue weighted by molar-refractivity contribution is -0.145. The van der Waals surface area contributed by atoms with E-state index in [1.165, 1.54) is 12.1 Å². The quantitative estimate of drug-likeness (QED) is 0.630. The molecular formula is C20H17ClF4N4O3. The summed E-state index contributed by atoms with van der Waals surface area (Å²) >= 11 is 5.60. The minimum Gasteiger partial charge on any atom is -0.484 e. The summed E-state index contributed by atoms with van der Waals surface area (Å²) in [7, 11) is 0. The van der Waals surface area contributed by atoms with E-state index in [-0.39, 0.29) is 40.8 Å². The molecule has 0 radical (unpaired) electrons. The second-order valence-electron chi connectivity index (χ2n) is 7.94. The monoisotopic (exact) mass is 472 g/mol. The molecule has 7 nitrogen and oxygen atoms in total. The molecule has 2 bridgehead atoms. The van der Waals surface area contributed by atoms with Gasteiger partial charge in [0.25, 0.3) is 11.8 Å². The largest absolute Gasteiger partial charge is 0.484 e. The Hall–Kier alpha value is -2.95. The first kappa shape index (κ1) is 22.3. The van der Waals surface area contributed by atoms with Crippen molar-refractivity contribution in [1.29, 1.82) is 0 Å². The first-order chi connectivity index (χ1) is 15.0. The number of carbonyl (C=O) groups excluding carboxylic acids is 2. The van der Waals surface area contributed by atoms with Crippen LogP contribution in [0.1, 0.15) is 35.4 Å². The van der Waals surface area contributed by atoms with Crippen LogP contribution in [0, 0.1) is 11.7 Å². The van der Waals surface area contributed by atoms with Crippen molar-refractivity contribution in [2.24, 2.45) is 5.92 Å². The Morgan fingerprint density at radius 1 is 1.19 bits per heavy atom. The van der Waals surface area contributed by atoms with E-state index in [4.69, 9.17) is 16.3 Å². The molecule has 170 valence electrons. The molecule has 3 aliphatic rings. The van der Waals surface area contributed by atoms with Crippen LogP contribution in [0.5, 0.6) is 5.75 Å². The minimum atomic E-state index is -4.68. The van der Waals surface area contributed by atoms with Crippen molar-refractivity contribution in [3.05, 3.63) is 52.8 Å². The number of halogens is 5. The molecule has 1 atom stereocenters. The number of carbonyl (C=O) groups is 2. The van der Waals surface area contributed by atoms with Crippen LogP contribution in [0.4, 0.5) is 17.6 Å². The molecule has 12 heteroatoms. The van der Waals surface area contributed by atoms with Gasteiger partial charge in [-0.1, -0.05) is 11.6 Å². The molecule has 0 saturated heterocycles. The zero-order valence-corrected chi connectivity index (χ0v) is 17.1. The second-order valence-corrected chi connectivity index (χ2v) is 8.35. The van der Waals surface area contributed by atoms with Crippen molar-refractivity contribution in [2.75, 3.05) is 6.61 Å². The van der Waals surface area contributed by atoms with Crippen molar-refractivity contribution in [3.8, 4) is 5.75 Å². The average molecular weight is 473 g/mol. The van der Waals surface area contributed by atoms with E-state index < -0.39 is 29.3 Å². The maximum absolute atomic E-state index is 13.4. The summed E-state index contributed by atoms with van der Waals surface area (Å²) in [5, 5.41) is 5.62. The average Bonchev–Trinajstić information content (AvgIpc) is 3.21. The molecule has 0 spiro atoms. The summed E-state index contributed by atoms with van der Waals surface area (Å²) in [6.45, 7) is -0.312. The molecule has 0 aliphatic heterocycles. The van der Waals surface area contributed by atoms with Crippen molar-refractivity contribution < 1.29 is 31.9 Å². The molecule has 3 aliphatic carbocycles. The van der Waals surface area contributed by atoms with E-state index in [1.54, 1.807) is 0 Å². The van der Waals surface area contributed by atoms with Crippen LogP contribution in [-0.4, -0.2) is 40.0 Å². The molecule has 3 fully saturated rings. The Morgan fingerprint density at radius 3 is 2.50 bits per heavy atom. The lowest BCUT2D eigenvalue weighted by Gasteiger charge is -2.39. The third-order valence-corrected chi connectivity index (χ3v) is 5.94. The number of benzene rings is 1. The Labute approximate surface area is 184 Å². The zero-order valence-electron chi connectivity index (χ0n) is 16.4. The van der Waals surface area contributed by atoms with Crippen molar-refractivity contribution in [3.63, 3.8) is 0 Å². The van der Waals surface area contributed by atoms with Gasteiger partial charge in [-0.2, -0.15) is 13.2 Å². The predicted molar refractivity (Wildman–Crippen MR) is 103 cm³/mol. The first-order valence-electron chi connectivity index (χ1n) is 9.64. The van der Waals surface area contributed by atoms with Gasteiger partial charge in [0.15, 0.2) is 6.61 Å². The molecule has 1 aromatic carbocycles. The van der Waals surface area contributed by atoms with Gasteiger partial charge in [0, 0.05) is 30.0 Å². The number of nitrogens with one attached hydrogen (secondary N) is 2. The van der Waals surface area contributed by atoms with Gasteiger partial charge in [-0.3, -0.25) is 9.59 Å². The fraction of sp³-hybridized carbons (Fsp3) is 0.400. The normalized spacial score (nSPS) is 23.9. The Balaban J connectivity index is 1.27. The summed E-state index contributed by atoms with van der Waals surface area (Å²) < 4.78 is 56.4. The summed E-state index contributed by atoms with van der Waals surface area (Å²) in [5.74, 6) is -2.63. The van der Waals surface area contributed by atoms with E-state index in [1.807, 2.05) is 0 Å². The Kier molecular flexibility index (Phi) is 5.70. The van der Waals surface area contributed by atoms with E-state index >= 15 is 0 Å². The van der Waals surface area contributed by atoms with Crippen LogP contribution in [0.15, 0.2) is 30.6 Å². The predicted octanol–water partition coefficient (Wildman–Crippen LogP) is 3.13. The molecule has 1 unspecified atom stereocenters. The third-order valence-electron chi connectivity index (χ3n) is 5.64. The van der Waals surface area contributed by atoms with Crippen molar-refractivity contribution >= 4 is 23.4 Å². The fourth-order valence-corrected chi connectivity index (χ4v) is 4.31. The third kappa shape index (κ3) is 4.62. The van der Waals surface area contributed by atoms with Crippen molar-refractivity contribution in [2.45, 2.75) is 37.0 Å². The molecular weight excluding hydrogens is 456 g/mol. The molecule has 5 rings (SSSR count). The number of aromatic nitrogens is 2. The standard InChI is InChI=1S/C20H17ClF4N4O3/c21-13-2-1-12(3-14(13)22)32-9-16(30)29-19-4-10(5-19)15(6-19)28-17(31)11-7-26-18(27-8-11)20(23,24)25/h1-3,7-8,10,15H,4-6,9H2,(H,28,31)(H,29,30). The Morgan fingerprint density at radius 2 is 1.88 bits per heavy atom. The van der Waals surface area contributed by atoms with Gasteiger partial charge >= 0.3 is 6.18 Å². The molecule has 3 saturated carbocycles. The Bertz CT molecular complexity index is 1040. The summed E-state index contributed by atoms with van der Waals surface area (Å²) in [5.41, 5.74) is -0.561. The van der Waals surface area contributed by atoms with Gasteiger partial charge in [0.05, 0.1) is 10.6 Å². The molecule has 32 heavy (non-hydrogen) atoms. The van der Waals surface area contributed by atoms with Gasteiger partial charge in [0.1, 0.15) is 11.6 Å². The number of amides is 2. The summed E-state index contributed by atoms with van der Waals surface area (Å²) in [6.07, 6.45) is -1.23. The highest BCUT2D eigenvalue weighted by atomic mass is 35.5. The van der Waals surface area contributed by atoms with E-state index in [2.05, 4.69) is 20.6 Å². The number of hydrogen-bond acceptors (Lipinski definition) is 5. The summed E-state index contributed by atoms with van der Waals surface area (Å²) in [4.78, 5) is 31.0. The van der Waals surface area contributed by atoms with E-state index in [0.29, 0.717) is 19.3 Å². The number of ether oxygens (including phenoxy) is 1. The van der Waals surface area contributed by atoms with Crippen LogP contribution in [0.25, 0.3) is 0 Å². The summed E-state index contributed by atoms with van der Waals surface area (Å²) in [6, 6.07) is 3.61. The lowest BCUT2D eigenvalue weighted by atomic mass is 9.76. The molecule has 1 aromatic heterocycles. The topological polar surface area (TPSA) is 93.2 Å². The van der Waals surface area contributed by atoms with Gasteiger partial charge in [-0.05, 0) is 37.3 Å². The zero-order chi connectivity index (χ0) is 23.1. The highest BCUT2D eigenvalue weighted by Crippen LogP contribution is 2.52. The second kappa shape index (κ2) is 8.19. The number of rotatable bonds is 6. The van der Waals surface area contributed by atoms with Crippen LogP contribution in [-0.2, 0) is 11.0 Å². The number of nitrogens with zero attached hydrogens (tertiary/aromatic N) is 2. The van der Waals surface area contributed by atoms with Gasteiger partial charge in [0.2, 0.25) is 5.82 Å². The van der Waals surface area contributed by atoms with Gasteiger partial charge < -0.3 is 15.4 Å². The SMILES string of the molecule is O=C(COc1ccc(Cl)c(F)c1)NC12CC(C1)C(NC(=O)c1cnc(C(F)(F)F)nc1)C2. The molecule has 2 aromatic rings. The van der Waals surface area contributed by atoms with Gasteiger partial charge in [-0.15, -0.1) is 0 Å². The van der Waals surface area contributed by atoms with Gasteiger partial charge in [-0.25, -0.2) is 14.4 Å². The molecule has 2 N–H and O–H groups in total. The highest BCUT2D eigenvalue weighted by molar-refractivity contribution is 6.30. The van der Waals surface area contributed by atoms with E-state index in [0.717, 1.165) is 18.5 Å².